The first-order chi connectivity index (χ1) is 9.77. The maximum Gasteiger partial charge on any atom is 0.433 e. The van der Waals surface area contributed by atoms with E-state index in [0.717, 1.165) is 11.8 Å². The molecule has 0 saturated heterocycles. The minimum atomic E-state index is -4.67. The van der Waals surface area contributed by atoms with Gasteiger partial charge in [0.05, 0.1) is 0 Å². The highest BCUT2D eigenvalue weighted by Gasteiger charge is 2.33. The van der Waals surface area contributed by atoms with Gasteiger partial charge in [-0.15, -0.1) is 0 Å². The molecular formula is C11H6Cl2F3N3OS. The van der Waals surface area contributed by atoms with E-state index in [1.807, 2.05) is 0 Å². The van der Waals surface area contributed by atoms with E-state index in [9.17, 15) is 18.3 Å². The normalized spacial score (nSPS) is 11.7. The van der Waals surface area contributed by atoms with Crippen LogP contribution in [0.2, 0.25) is 10.2 Å². The standard InChI is InChI=1S/C11H6Cl2F3N3OS/c12-6-1-2-17-9(13)5(6)4-21-10-18-7(11(14,15)16)3-8(20)19-10/h1-3H,4H2,(H,18,19,20). The zero-order chi connectivity index (χ0) is 15.6. The van der Waals surface area contributed by atoms with Crippen LogP contribution in [-0.4, -0.2) is 20.1 Å². The van der Waals surface area contributed by atoms with E-state index in [1.165, 1.54) is 12.3 Å². The molecule has 10 heteroatoms. The fourth-order valence-corrected chi connectivity index (χ4v) is 2.86. The average molecular weight is 356 g/mol. The van der Waals surface area contributed by atoms with Crippen molar-refractivity contribution >= 4 is 35.0 Å². The molecule has 21 heavy (non-hydrogen) atoms. The second kappa shape index (κ2) is 6.25. The first kappa shape index (κ1) is 16.1. The van der Waals surface area contributed by atoms with Gasteiger partial charge in [0, 0.05) is 28.6 Å². The molecule has 2 rings (SSSR count). The summed E-state index contributed by atoms with van der Waals surface area (Å²) in [6.07, 6.45) is -3.26. The lowest BCUT2D eigenvalue weighted by Gasteiger charge is -2.08. The molecular weight excluding hydrogens is 350 g/mol. The summed E-state index contributed by atoms with van der Waals surface area (Å²) in [5.74, 6) is -0.644. The van der Waals surface area contributed by atoms with Crippen molar-refractivity contribution < 1.29 is 18.3 Å². The molecule has 1 N–H and O–H groups in total. The summed E-state index contributed by atoms with van der Waals surface area (Å²) in [7, 11) is 0. The van der Waals surface area contributed by atoms with Gasteiger partial charge in [-0.25, -0.2) is 9.97 Å². The summed E-state index contributed by atoms with van der Waals surface area (Å²) in [5, 5.41) is 9.47. The zero-order valence-electron chi connectivity index (χ0n) is 10.0. The quantitative estimate of drug-likeness (QED) is 0.508. The van der Waals surface area contributed by atoms with Crippen LogP contribution < -0.4 is 0 Å². The molecule has 0 atom stereocenters. The molecule has 0 unspecified atom stereocenters. The van der Waals surface area contributed by atoms with Crippen molar-refractivity contribution in [3.8, 4) is 5.88 Å². The first-order valence-electron chi connectivity index (χ1n) is 5.34. The molecule has 0 spiro atoms. The van der Waals surface area contributed by atoms with Crippen LogP contribution in [0.3, 0.4) is 0 Å². The molecule has 112 valence electrons. The van der Waals surface area contributed by atoms with Crippen LogP contribution in [0.15, 0.2) is 23.5 Å². The van der Waals surface area contributed by atoms with E-state index in [2.05, 4.69) is 15.0 Å². The van der Waals surface area contributed by atoms with Gasteiger partial charge in [0.25, 0.3) is 0 Å². The maximum absolute atomic E-state index is 12.6. The van der Waals surface area contributed by atoms with Gasteiger partial charge in [0.2, 0.25) is 5.88 Å². The van der Waals surface area contributed by atoms with Crippen LogP contribution in [0.5, 0.6) is 5.88 Å². The predicted molar refractivity (Wildman–Crippen MR) is 72.5 cm³/mol. The van der Waals surface area contributed by atoms with Gasteiger partial charge in [-0.2, -0.15) is 18.2 Å². The van der Waals surface area contributed by atoms with Crippen molar-refractivity contribution in [2.24, 2.45) is 0 Å². The minimum Gasteiger partial charge on any atom is -0.493 e. The Kier molecular flexibility index (Phi) is 4.80. The highest BCUT2D eigenvalue weighted by atomic mass is 35.5. The third kappa shape index (κ3) is 4.12. The van der Waals surface area contributed by atoms with Crippen molar-refractivity contribution in [3.05, 3.63) is 39.8 Å². The third-order valence-electron chi connectivity index (χ3n) is 2.27. The summed E-state index contributed by atoms with van der Waals surface area (Å²) >= 11 is 12.6. The smallest absolute Gasteiger partial charge is 0.433 e. The Bertz CT molecular complexity index is 649. The maximum atomic E-state index is 12.6. The molecule has 0 saturated carbocycles. The summed E-state index contributed by atoms with van der Waals surface area (Å²) in [6.45, 7) is 0. The molecule has 0 amide bonds. The van der Waals surface area contributed by atoms with Gasteiger partial charge in [0.1, 0.15) is 5.15 Å². The zero-order valence-corrected chi connectivity index (χ0v) is 12.4. The number of aromatic hydroxyl groups is 1. The summed E-state index contributed by atoms with van der Waals surface area (Å²) in [6, 6.07) is 1.96. The van der Waals surface area contributed by atoms with Crippen LogP contribution in [0.4, 0.5) is 13.2 Å². The Morgan fingerprint density at radius 3 is 2.57 bits per heavy atom. The topological polar surface area (TPSA) is 58.9 Å². The average Bonchev–Trinajstić information content (AvgIpc) is 2.36. The van der Waals surface area contributed by atoms with Crippen LogP contribution in [0.1, 0.15) is 11.3 Å². The van der Waals surface area contributed by atoms with E-state index in [1.54, 1.807) is 0 Å². The van der Waals surface area contributed by atoms with Crippen LogP contribution in [0, 0.1) is 0 Å². The molecule has 0 bridgehead atoms. The predicted octanol–water partition coefficient (Wildman–Crippen LogP) is 4.20. The van der Waals surface area contributed by atoms with Crippen molar-refractivity contribution in [1.29, 1.82) is 0 Å². The molecule has 0 aliphatic rings. The molecule has 0 aromatic carbocycles. The van der Waals surface area contributed by atoms with E-state index in [0.29, 0.717) is 16.7 Å². The lowest BCUT2D eigenvalue weighted by Crippen LogP contribution is -2.09. The van der Waals surface area contributed by atoms with Gasteiger partial charge in [0.15, 0.2) is 10.9 Å². The second-order valence-electron chi connectivity index (χ2n) is 3.74. The lowest BCUT2D eigenvalue weighted by molar-refractivity contribution is -0.141. The monoisotopic (exact) mass is 355 g/mol. The molecule has 0 fully saturated rings. The van der Waals surface area contributed by atoms with Gasteiger partial charge < -0.3 is 5.11 Å². The number of thioether (sulfide) groups is 1. The number of hydrogen-bond donors (Lipinski definition) is 1. The highest BCUT2D eigenvalue weighted by Crippen LogP contribution is 2.33. The number of alkyl halides is 3. The lowest BCUT2D eigenvalue weighted by atomic mass is 10.3. The van der Waals surface area contributed by atoms with Crippen LogP contribution in [0.25, 0.3) is 0 Å². The molecule has 4 nitrogen and oxygen atoms in total. The van der Waals surface area contributed by atoms with Crippen molar-refractivity contribution in [2.45, 2.75) is 17.1 Å². The summed E-state index contributed by atoms with van der Waals surface area (Å²) in [5.41, 5.74) is -0.771. The van der Waals surface area contributed by atoms with Gasteiger partial charge >= 0.3 is 6.18 Å². The molecule has 2 aromatic rings. The molecule has 2 heterocycles. The second-order valence-corrected chi connectivity index (χ2v) is 5.45. The van der Waals surface area contributed by atoms with Crippen molar-refractivity contribution in [3.63, 3.8) is 0 Å². The number of hydrogen-bond acceptors (Lipinski definition) is 5. The molecule has 2 aromatic heterocycles. The number of rotatable bonds is 3. The fraction of sp³-hybridized carbons (Fsp3) is 0.182. The van der Waals surface area contributed by atoms with E-state index in [4.69, 9.17) is 23.2 Å². The number of halogens is 5. The van der Waals surface area contributed by atoms with Gasteiger partial charge in [-0.1, -0.05) is 35.0 Å². The number of aromatic nitrogens is 3. The summed E-state index contributed by atoms with van der Waals surface area (Å²) in [4.78, 5) is 10.7. The van der Waals surface area contributed by atoms with Gasteiger partial charge in [-0.3, -0.25) is 0 Å². The van der Waals surface area contributed by atoms with Crippen LogP contribution in [-0.2, 0) is 11.9 Å². The number of nitrogens with zero attached hydrogens (tertiary/aromatic N) is 3. The SMILES string of the molecule is Oc1cc(C(F)(F)F)nc(SCc2c(Cl)ccnc2Cl)n1. The van der Waals surface area contributed by atoms with Crippen LogP contribution >= 0.6 is 35.0 Å². The Morgan fingerprint density at radius 1 is 1.24 bits per heavy atom. The Hall–Kier alpha value is -1.25. The highest BCUT2D eigenvalue weighted by molar-refractivity contribution is 7.98. The molecule has 0 aliphatic heterocycles. The van der Waals surface area contributed by atoms with E-state index in [-0.39, 0.29) is 16.1 Å². The largest absolute Gasteiger partial charge is 0.493 e. The minimum absolute atomic E-state index is 0.117. The van der Waals surface area contributed by atoms with E-state index >= 15 is 0 Å². The summed E-state index contributed by atoms with van der Waals surface area (Å²) < 4.78 is 37.7. The van der Waals surface area contributed by atoms with Crippen molar-refractivity contribution in [2.75, 3.05) is 0 Å². The van der Waals surface area contributed by atoms with E-state index < -0.39 is 17.8 Å². The Labute approximate surface area is 131 Å². The Balaban J connectivity index is 2.23. The first-order valence-corrected chi connectivity index (χ1v) is 7.08. The third-order valence-corrected chi connectivity index (χ3v) is 3.83. The van der Waals surface area contributed by atoms with Crippen molar-refractivity contribution in [1.82, 2.24) is 15.0 Å². The van der Waals surface area contributed by atoms with Gasteiger partial charge in [-0.05, 0) is 6.07 Å². The molecule has 0 radical (unpaired) electrons. The Morgan fingerprint density at radius 2 is 1.95 bits per heavy atom. The fourth-order valence-electron chi connectivity index (χ4n) is 1.33. The molecule has 0 aliphatic carbocycles. The number of pyridine rings is 1.